The maximum absolute atomic E-state index is 13.2. The van der Waals surface area contributed by atoms with Crippen molar-refractivity contribution in [2.24, 2.45) is 5.73 Å². The molecule has 0 amide bonds. The van der Waals surface area contributed by atoms with Gasteiger partial charge in [0.05, 0.1) is 5.56 Å². The number of aromatic carboxylic acids is 1. The van der Waals surface area contributed by atoms with Crippen LogP contribution in [0.5, 0.6) is 0 Å². The molecule has 0 radical (unpaired) electrons. The van der Waals surface area contributed by atoms with Gasteiger partial charge in [0.25, 0.3) is 0 Å². The highest BCUT2D eigenvalue weighted by atomic mass is 35.5. The van der Waals surface area contributed by atoms with E-state index in [9.17, 15) is 9.18 Å². The summed E-state index contributed by atoms with van der Waals surface area (Å²) in [5.41, 5.74) is 5.95. The molecule has 3 N–H and O–H groups in total. The second-order valence-electron chi connectivity index (χ2n) is 3.06. The molecule has 15 heavy (non-hydrogen) atoms. The molecule has 84 valence electrons. The van der Waals surface area contributed by atoms with Crippen molar-refractivity contribution >= 4 is 18.4 Å². The number of hydrogen-bond donors (Lipinski definition) is 2. The average molecular weight is 234 g/mol. The molecule has 1 rings (SSSR count). The molecular weight excluding hydrogens is 221 g/mol. The zero-order chi connectivity index (χ0) is 10.7. The summed E-state index contributed by atoms with van der Waals surface area (Å²) in [5, 5.41) is 8.69. The van der Waals surface area contributed by atoms with Crippen molar-refractivity contribution < 1.29 is 14.3 Å². The minimum absolute atomic E-state index is 0. The lowest BCUT2D eigenvalue weighted by Crippen LogP contribution is -2.12. The Morgan fingerprint density at radius 2 is 2.20 bits per heavy atom. The Labute approximate surface area is 93.5 Å². The highest BCUT2D eigenvalue weighted by Gasteiger charge is 2.12. The molecule has 0 saturated heterocycles. The largest absolute Gasteiger partial charge is 0.478 e. The highest BCUT2D eigenvalue weighted by molar-refractivity contribution is 5.87. The number of rotatable bonds is 3. The molecule has 0 bridgehead atoms. The van der Waals surface area contributed by atoms with E-state index < -0.39 is 17.8 Å². The second kappa shape index (κ2) is 5.68. The number of halogens is 2. The molecular formula is C10H13ClFNO2. The average Bonchev–Trinajstić information content (AvgIpc) is 2.17. The van der Waals surface area contributed by atoms with E-state index in [0.717, 1.165) is 6.07 Å². The van der Waals surface area contributed by atoms with E-state index in [4.69, 9.17) is 10.8 Å². The van der Waals surface area contributed by atoms with E-state index in [0.29, 0.717) is 6.42 Å². The van der Waals surface area contributed by atoms with E-state index in [-0.39, 0.29) is 23.5 Å². The van der Waals surface area contributed by atoms with Crippen molar-refractivity contribution in [3.63, 3.8) is 0 Å². The van der Waals surface area contributed by atoms with Gasteiger partial charge in [-0.05, 0) is 24.6 Å². The first-order valence-corrected chi connectivity index (χ1v) is 4.34. The van der Waals surface area contributed by atoms with E-state index in [2.05, 4.69) is 0 Å². The van der Waals surface area contributed by atoms with Crippen LogP contribution >= 0.6 is 12.4 Å². The summed E-state index contributed by atoms with van der Waals surface area (Å²) >= 11 is 0. The molecule has 1 atom stereocenters. The summed E-state index contributed by atoms with van der Waals surface area (Å²) in [6.45, 7) is 1.82. The smallest absolute Gasteiger partial charge is 0.335 e. The van der Waals surface area contributed by atoms with Crippen LogP contribution in [0.1, 0.15) is 35.3 Å². The van der Waals surface area contributed by atoms with Crippen molar-refractivity contribution in [1.82, 2.24) is 0 Å². The minimum atomic E-state index is -1.07. The molecule has 0 aliphatic carbocycles. The van der Waals surface area contributed by atoms with Crippen LogP contribution in [-0.4, -0.2) is 11.1 Å². The van der Waals surface area contributed by atoms with Crippen LogP contribution in [0, 0.1) is 5.82 Å². The third kappa shape index (κ3) is 3.18. The van der Waals surface area contributed by atoms with Crippen molar-refractivity contribution in [3.8, 4) is 0 Å². The molecule has 1 aromatic carbocycles. The molecule has 3 nitrogen and oxygen atoms in total. The molecule has 5 heteroatoms. The van der Waals surface area contributed by atoms with Gasteiger partial charge in [0.1, 0.15) is 5.82 Å². The summed E-state index contributed by atoms with van der Waals surface area (Å²) in [7, 11) is 0. The highest BCUT2D eigenvalue weighted by Crippen LogP contribution is 2.19. The molecule has 1 unspecified atom stereocenters. The van der Waals surface area contributed by atoms with Gasteiger partial charge in [-0.3, -0.25) is 0 Å². The Balaban J connectivity index is 0.00000196. The molecule has 0 fully saturated rings. The summed E-state index contributed by atoms with van der Waals surface area (Å²) in [4.78, 5) is 10.6. The van der Waals surface area contributed by atoms with Gasteiger partial charge in [0.15, 0.2) is 0 Å². The van der Waals surface area contributed by atoms with Crippen molar-refractivity contribution in [1.29, 1.82) is 0 Å². The number of benzene rings is 1. The fourth-order valence-corrected chi connectivity index (χ4v) is 1.18. The van der Waals surface area contributed by atoms with Crippen LogP contribution in [0.4, 0.5) is 4.39 Å². The summed E-state index contributed by atoms with van der Waals surface area (Å²) in [6.07, 6.45) is 0.569. The Bertz CT molecular complexity index is 357. The van der Waals surface area contributed by atoms with Crippen molar-refractivity contribution in [2.75, 3.05) is 0 Å². The van der Waals surface area contributed by atoms with Gasteiger partial charge >= 0.3 is 5.97 Å². The van der Waals surface area contributed by atoms with Gasteiger partial charge in [-0.1, -0.05) is 6.92 Å². The summed E-state index contributed by atoms with van der Waals surface area (Å²) in [5.74, 6) is -1.53. The van der Waals surface area contributed by atoms with Crippen LogP contribution in [0.2, 0.25) is 0 Å². The van der Waals surface area contributed by atoms with E-state index in [1.807, 2.05) is 6.92 Å². The molecule has 0 saturated carbocycles. The number of carboxylic acids is 1. The maximum Gasteiger partial charge on any atom is 0.335 e. The zero-order valence-electron chi connectivity index (χ0n) is 8.24. The molecule has 0 aliphatic rings. The second-order valence-corrected chi connectivity index (χ2v) is 3.06. The lowest BCUT2D eigenvalue weighted by molar-refractivity contribution is 0.0696. The zero-order valence-corrected chi connectivity index (χ0v) is 9.05. The summed E-state index contributed by atoms with van der Waals surface area (Å²) < 4.78 is 13.2. The minimum Gasteiger partial charge on any atom is -0.478 e. The Morgan fingerprint density at radius 3 is 2.67 bits per heavy atom. The molecule has 0 aromatic heterocycles. The number of hydrogen-bond acceptors (Lipinski definition) is 2. The Morgan fingerprint density at radius 1 is 1.60 bits per heavy atom. The molecule has 0 aliphatic heterocycles. The number of carbonyl (C=O) groups is 1. The van der Waals surface area contributed by atoms with Crippen LogP contribution in [0.25, 0.3) is 0 Å². The molecule has 0 spiro atoms. The van der Waals surface area contributed by atoms with Gasteiger partial charge < -0.3 is 10.8 Å². The van der Waals surface area contributed by atoms with Crippen LogP contribution in [-0.2, 0) is 0 Å². The van der Waals surface area contributed by atoms with E-state index in [1.54, 1.807) is 0 Å². The van der Waals surface area contributed by atoms with Gasteiger partial charge in [-0.15, -0.1) is 12.4 Å². The van der Waals surface area contributed by atoms with Crippen LogP contribution < -0.4 is 5.73 Å². The topological polar surface area (TPSA) is 63.3 Å². The SMILES string of the molecule is CCC(N)c1cc(C(=O)O)ccc1F.Cl. The Hall–Kier alpha value is -1.13. The van der Waals surface area contributed by atoms with Gasteiger partial charge in [-0.2, -0.15) is 0 Å². The normalized spacial score (nSPS) is 11.7. The van der Waals surface area contributed by atoms with Crippen molar-refractivity contribution in [3.05, 3.63) is 35.1 Å². The first-order valence-electron chi connectivity index (χ1n) is 4.34. The lowest BCUT2D eigenvalue weighted by atomic mass is 10.0. The predicted molar refractivity (Wildman–Crippen MR) is 57.8 cm³/mol. The number of nitrogens with two attached hydrogens (primary N) is 1. The fraction of sp³-hybridized carbons (Fsp3) is 0.300. The van der Waals surface area contributed by atoms with Gasteiger partial charge in [-0.25, -0.2) is 9.18 Å². The third-order valence-corrected chi connectivity index (χ3v) is 2.08. The molecule has 1 aromatic rings. The maximum atomic E-state index is 13.2. The lowest BCUT2D eigenvalue weighted by Gasteiger charge is -2.10. The number of carboxylic acid groups (broad SMARTS) is 1. The third-order valence-electron chi connectivity index (χ3n) is 2.08. The standard InChI is InChI=1S/C10H12FNO2.ClH/c1-2-9(12)7-5-6(10(13)14)3-4-8(7)11;/h3-5,9H,2,12H2,1H3,(H,13,14);1H. The first-order chi connectivity index (χ1) is 6.56. The fourth-order valence-electron chi connectivity index (χ4n) is 1.18. The first kappa shape index (κ1) is 13.9. The van der Waals surface area contributed by atoms with Gasteiger partial charge in [0.2, 0.25) is 0 Å². The monoisotopic (exact) mass is 233 g/mol. The van der Waals surface area contributed by atoms with Gasteiger partial charge in [0, 0.05) is 11.6 Å². The van der Waals surface area contributed by atoms with Crippen molar-refractivity contribution in [2.45, 2.75) is 19.4 Å². The van der Waals surface area contributed by atoms with E-state index in [1.165, 1.54) is 12.1 Å². The van der Waals surface area contributed by atoms with Crippen LogP contribution in [0.15, 0.2) is 18.2 Å². The van der Waals surface area contributed by atoms with Crippen LogP contribution in [0.3, 0.4) is 0 Å². The predicted octanol–water partition coefficient (Wildman–Crippen LogP) is 2.36. The van der Waals surface area contributed by atoms with E-state index >= 15 is 0 Å². The molecule has 0 heterocycles. The Kier molecular flexibility index (Phi) is 5.25. The summed E-state index contributed by atoms with van der Waals surface area (Å²) in [6, 6.07) is 3.19. The quantitative estimate of drug-likeness (QED) is 0.843.